The largest absolute Gasteiger partial charge is 0.371 e. The Labute approximate surface area is 122 Å². The Morgan fingerprint density at radius 1 is 1.65 bits per heavy atom. The maximum absolute atomic E-state index is 13.5. The molecule has 1 fully saturated rings. The summed E-state index contributed by atoms with van der Waals surface area (Å²) in [5.41, 5.74) is 6.27. The first-order valence-electron chi connectivity index (χ1n) is 6.59. The van der Waals surface area contributed by atoms with E-state index in [9.17, 15) is 9.18 Å². The van der Waals surface area contributed by atoms with E-state index in [0.29, 0.717) is 18.6 Å². The molecular formula is C14H18ClFN2O2. The highest BCUT2D eigenvalue weighted by atomic mass is 35.5. The summed E-state index contributed by atoms with van der Waals surface area (Å²) in [6.07, 6.45) is 0.608. The number of amides is 1. The number of benzene rings is 1. The van der Waals surface area contributed by atoms with Crippen molar-refractivity contribution in [2.45, 2.75) is 38.0 Å². The van der Waals surface area contributed by atoms with Gasteiger partial charge in [-0.3, -0.25) is 4.79 Å². The Hall–Kier alpha value is -1.17. The number of hydrogen-bond acceptors (Lipinski definition) is 3. The van der Waals surface area contributed by atoms with Crippen LogP contribution in [0, 0.1) is 5.82 Å². The van der Waals surface area contributed by atoms with Crippen LogP contribution in [0.25, 0.3) is 0 Å². The number of carbonyl (C=O) groups excluding carboxylic acids is 1. The van der Waals surface area contributed by atoms with Gasteiger partial charge in [0.25, 0.3) is 0 Å². The quantitative estimate of drug-likeness (QED) is 0.895. The third kappa shape index (κ3) is 3.69. The van der Waals surface area contributed by atoms with Crippen LogP contribution in [0.2, 0.25) is 5.02 Å². The Morgan fingerprint density at radius 2 is 2.40 bits per heavy atom. The van der Waals surface area contributed by atoms with E-state index in [4.69, 9.17) is 22.1 Å². The highest BCUT2D eigenvalue weighted by molar-refractivity contribution is 6.30. The van der Waals surface area contributed by atoms with Gasteiger partial charge in [-0.1, -0.05) is 17.7 Å². The fraction of sp³-hybridized carbons (Fsp3) is 0.500. The first-order valence-corrected chi connectivity index (χ1v) is 6.96. The molecule has 2 rings (SSSR count). The molecule has 6 heteroatoms. The van der Waals surface area contributed by atoms with Crippen LogP contribution in [-0.2, 0) is 9.53 Å². The molecule has 1 aliphatic heterocycles. The monoisotopic (exact) mass is 300 g/mol. The molecule has 3 atom stereocenters. The van der Waals surface area contributed by atoms with Crippen molar-refractivity contribution in [1.29, 1.82) is 0 Å². The Balaban J connectivity index is 2.06. The summed E-state index contributed by atoms with van der Waals surface area (Å²) in [4.78, 5) is 11.8. The van der Waals surface area contributed by atoms with Crippen LogP contribution < -0.4 is 11.1 Å². The number of rotatable bonds is 4. The molecule has 3 unspecified atom stereocenters. The second-order valence-corrected chi connectivity index (χ2v) is 5.52. The summed E-state index contributed by atoms with van der Waals surface area (Å²) in [5, 5.41) is 2.97. The van der Waals surface area contributed by atoms with E-state index in [1.807, 2.05) is 0 Å². The van der Waals surface area contributed by atoms with Gasteiger partial charge in [0.15, 0.2) is 0 Å². The lowest BCUT2D eigenvalue weighted by molar-refractivity contribution is -0.122. The number of hydrogen-bond donors (Lipinski definition) is 2. The fourth-order valence-corrected chi connectivity index (χ4v) is 2.43. The van der Waals surface area contributed by atoms with E-state index in [2.05, 4.69) is 5.32 Å². The van der Waals surface area contributed by atoms with Crippen LogP contribution in [0.1, 0.15) is 31.4 Å². The summed E-state index contributed by atoms with van der Waals surface area (Å²) < 4.78 is 19.1. The van der Waals surface area contributed by atoms with E-state index in [1.54, 1.807) is 13.0 Å². The van der Waals surface area contributed by atoms with Crippen LogP contribution in [0.15, 0.2) is 18.2 Å². The molecule has 4 nitrogen and oxygen atoms in total. The Bertz CT molecular complexity index is 496. The van der Waals surface area contributed by atoms with Crippen molar-refractivity contribution in [3.63, 3.8) is 0 Å². The highest BCUT2D eigenvalue weighted by Crippen LogP contribution is 2.31. The van der Waals surface area contributed by atoms with E-state index in [0.717, 1.165) is 0 Å². The molecule has 1 aliphatic rings. The van der Waals surface area contributed by atoms with Crippen molar-refractivity contribution in [1.82, 2.24) is 5.32 Å². The molecule has 20 heavy (non-hydrogen) atoms. The molecule has 0 aromatic heterocycles. The number of ether oxygens (including phenoxy) is 1. The normalized spacial score (nSPS) is 23.6. The summed E-state index contributed by atoms with van der Waals surface area (Å²) in [5.74, 6) is -0.602. The molecule has 1 saturated heterocycles. The fourth-order valence-electron chi connectivity index (χ4n) is 2.31. The molecule has 110 valence electrons. The summed E-state index contributed by atoms with van der Waals surface area (Å²) in [7, 11) is 0. The third-order valence-electron chi connectivity index (χ3n) is 3.22. The zero-order valence-electron chi connectivity index (χ0n) is 11.2. The summed E-state index contributed by atoms with van der Waals surface area (Å²) >= 11 is 5.67. The van der Waals surface area contributed by atoms with Gasteiger partial charge in [-0.15, -0.1) is 0 Å². The van der Waals surface area contributed by atoms with Crippen molar-refractivity contribution in [2.24, 2.45) is 5.73 Å². The SMILES string of the molecule is CC(N)CC(=O)NC1CCOC1c1ccc(Cl)c(F)c1. The highest BCUT2D eigenvalue weighted by Gasteiger charge is 2.31. The predicted molar refractivity (Wildman–Crippen MR) is 74.9 cm³/mol. The van der Waals surface area contributed by atoms with Gasteiger partial charge in [0, 0.05) is 19.1 Å². The molecule has 1 aromatic carbocycles. The average Bonchev–Trinajstić information content (AvgIpc) is 2.79. The second-order valence-electron chi connectivity index (χ2n) is 5.11. The molecule has 0 saturated carbocycles. The molecule has 0 aliphatic carbocycles. The molecule has 0 spiro atoms. The maximum Gasteiger partial charge on any atom is 0.221 e. The standard InChI is InChI=1S/C14H18ClFN2O2/c1-8(17)6-13(19)18-12-4-5-20-14(12)9-2-3-10(15)11(16)7-9/h2-3,7-8,12,14H,4-6,17H2,1H3,(H,18,19). The van der Waals surface area contributed by atoms with E-state index < -0.39 is 5.82 Å². The van der Waals surface area contributed by atoms with Gasteiger partial charge in [-0.05, 0) is 31.0 Å². The number of carbonyl (C=O) groups is 1. The number of nitrogens with one attached hydrogen (secondary N) is 1. The summed E-state index contributed by atoms with van der Waals surface area (Å²) in [6.45, 7) is 2.30. The van der Waals surface area contributed by atoms with Gasteiger partial charge in [-0.2, -0.15) is 0 Å². The molecule has 1 aromatic rings. The number of halogens is 2. The van der Waals surface area contributed by atoms with Crippen LogP contribution >= 0.6 is 11.6 Å². The molecule has 3 N–H and O–H groups in total. The van der Waals surface area contributed by atoms with Gasteiger partial charge < -0.3 is 15.8 Å². The van der Waals surface area contributed by atoms with Crippen molar-refractivity contribution in [2.75, 3.05) is 6.61 Å². The maximum atomic E-state index is 13.5. The van der Waals surface area contributed by atoms with E-state index in [-0.39, 0.29) is 35.5 Å². The lowest BCUT2D eigenvalue weighted by Crippen LogP contribution is -2.39. The van der Waals surface area contributed by atoms with Crippen LogP contribution in [0.4, 0.5) is 4.39 Å². The van der Waals surface area contributed by atoms with Crippen LogP contribution in [0.5, 0.6) is 0 Å². The third-order valence-corrected chi connectivity index (χ3v) is 3.52. The summed E-state index contributed by atoms with van der Waals surface area (Å²) in [6, 6.07) is 4.20. The average molecular weight is 301 g/mol. The van der Waals surface area contributed by atoms with Gasteiger partial charge in [0.05, 0.1) is 11.1 Å². The first kappa shape index (κ1) is 15.2. The van der Waals surface area contributed by atoms with E-state index in [1.165, 1.54) is 12.1 Å². The second kappa shape index (κ2) is 6.52. The van der Waals surface area contributed by atoms with Gasteiger partial charge in [-0.25, -0.2) is 4.39 Å². The lowest BCUT2D eigenvalue weighted by atomic mass is 10.0. The topological polar surface area (TPSA) is 64.4 Å². The molecule has 0 bridgehead atoms. The van der Waals surface area contributed by atoms with Crippen molar-refractivity contribution < 1.29 is 13.9 Å². The minimum atomic E-state index is -0.486. The Kier molecular flexibility index (Phi) is 4.96. The molecule has 0 radical (unpaired) electrons. The lowest BCUT2D eigenvalue weighted by Gasteiger charge is -2.21. The molecule has 1 amide bonds. The van der Waals surface area contributed by atoms with Crippen molar-refractivity contribution in [3.8, 4) is 0 Å². The first-order chi connectivity index (χ1) is 9.47. The zero-order valence-corrected chi connectivity index (χ0v) is 12.0. The van der Waals surface area contributed by atoms with E-state index >= 15 is 0 Å². The minimum Gasteiger partial charge on any atom is -0.371 e. The molecule has 1 heterocycles. The van der Waals surface area contributed by atoms with Gasteiger partial charge in [0.2, 0.25) is 5.91 Å². The van der Waals surface area contributed by atoms with Crippen LogP contribution in [-0.4, -0.2) is 24.6 Å². The number of nitrogens with two attached hydrogens (primary N) is 1. The smallest absolute Gasteiger partial charge is 0.221 e. The van der Waals surface area contributed by atoms with Gasteiger partial charge >= 0.3 is 0 Å². The van der Waals surface area contributed by atoms with Crippen LogP contribution in [0.3, 0.4) is 0 Å². The van der Waals surface area contributed by atoms with Gasteiger partial charge in [0.1, 0.15) is 11.9 Å². The minimum absolute atomic E-state index is 0.0734. The Morgan fingerprint density at radius 3 is 3.05 bits per heavy atom. The van der Waals surface area contributed by atoms with Crippen molar-refractivity contribution in [3.05, 3.63) is 34.6 Å². The van der Waals surface area contributed by atoms with Crippen molar-refractivity contribution >= 4 is 17.5 Å². The zero-order chi connectivity index (χ0) is 14.7. The predicted octanol–water partition coefficient (Wildman–Crippen LogP) is 2.16. The molecular weight excluding hydrogens is 283 g/mol.